The van der Waals surface area contributed by atoms with E-state index in [0.29, 0.717) is 0 Å². The summed E-state index contributed by atoms with van der Waals surface area (Å²) < 4.78 is 0. The Labute approximate surface area is 69.7 Å². The van der Waals surface area contributed by atoms with E-state index in [1.54, 1.807) is 0 Å². The molecule has 0 atom stereocenters. The normalized spacial score (nSPS) is 0.500. The zero-order chi connectivity index (χ0) is 2.00. The SMILES string of the molecule is C#N.[H-].[Hg].[Na+]. The average Bonchev–Trinajstić information content (AvgIpc) is 1.00. The fourth-order valence-corrected chi connectivity index (χ4v) is 0. The van der Waals surface area contributed by atoms with Crippen molar-refractivity contribution < 1.29 is 58.7 Å². The molecule has 0 aliphatic heterocycles. The first-order valence-corrected chi connectivity index (χ1v) is 0.258. The van der Waals surface area contributed by atoms with Crippen LogP contribution in [0.5, 0.6) is 0 Å². The van der Waals surface area contributed by atoms with Crippen molar-refractivity contribution >= 4 is 0 Å². The van der Waals surface area contributed by atoms with E-state index in [2.05, 4.69) is 6.57 Å². The molecule has 0 radical (unpaired) electrons. The van der Waals surface area contributed by atoms with E-state index in [-0.39, 0.29) is 58.7 Å². The van der Waals surface area contributed by atoms with E-state index < -0.39 is 0 Å². The third-order valence-electron chi connectivity index (χ3n) is 0. The Balaban J connectivity index is -0.00000000167. The van der Waals surface area contributed by atoms with Crippen molar-refractivity contribution in [2.75, 3.05) is 0 Å². The third-order valence-corrected chi connectivity index (χ3v) is 0. The van der Waals surface area contributed by atoms with Gasteiger partial charge in [0.05, 0.1) is 0 Å². The molecule has 4 heavy (non-hydrogen) atoms. The van der Waals surface area contributed by atoms with Gasteiger partial charge >= 0.3 is 29.6 Å². The van der Waals surface area contributed by atoms with Crippen LogP contribution in [0.3, 0.4) is 0 Å². The average molecular weight is 252 g/mol. The maximum atomic E-state index is 6.50. The van der Waals surface area contributed by atoms with E-state index in [0.717, 1.165) is 0 Å². The molecule has 0 aromatic carbocycles. The minimum absolute atomic E-state index is 0. The van der Waals surface area contributed by atoms with Gasteiger partial charge in [-0.3, -0.25) is 0 Å². The minimum Gasteiger partial charge on any atom is -1.00 e. The predicted octanol–water partition coefficient (Wildman–Crippen LogP) is -2.75. The van der Waals surface area contributed by atoms with Crippen molar-refractivity contribution in [1.29, 1.82) is 5.26 Å². The first kappa shape index (κ1) is 18.1. The first-order valence-electron chi connectivity index (χ1n) is 0.258. The molecule has 14 valence electrons. The van der Waals surface area contributed by atoms with Crippen molar-refractivity contribution in [2.45, 2.75) is 0 Å². The molecule has 1 nitrogen and oxygen atoms in total. The van der Waals surface area contributed by atoms with Crippen LogP contribution in [0, 0.1) is 11.8 Å². The molecule has 0 saturated carbocycles. The monoisotopic (exact) mass is 253 g/mol. The molecule has 0 aliphatic rings. The Kier molecular flexibility index (Phi) is 115. The topological polar surface area (TPSA) is 23.8 Å². The summed E-state index contributed by atoms with van der Waals surface area (Å²) in [5, 5.41) is 6.50. The number of nitrogens with zero attached hydrogens (tertiary/aromatic N) is 1. The van der Waals surface area contributed by atoms with Crippen molar-refractivity contribution in [2.24, 2.45) is 0 Å². The first-order chi connectivity index (χ1) is 1.00. The zero-order valence-electron chi connectivity index (χ0n) is 3.73. The summed E-state index contributed by atoms with van der Waals surface area (Å²) in [5.74, 6) is 0. The van der Waals surface area contributed by atoms with Crippen LogP contribution in [0.1, 0.15) is 1.43 Å². The molecule has 0 fully saturated rings. The Morgan fingerprint density at radius 1 is 1.50 bits per heavy atom. The number of rotatable bonds is 0. The summed E-state index contributed by atoms with van der Waals surface area (Å²) in [6.07, 6.45) is 0. The van der Waals surface area contributed by atoms with Crippen molar-refractivity contribution in [1.82, 2.24) is 0 Å². The molecule has 0 saturated heterocycles. The number of nitriles is 1. The van der Waals surface area contributed by atoms with E-state index in [1.165, 1.54) is 0 Å². The van der Waals surface area contributed by atoms with Crippen LogP contribution < -0.4 is 29.6 Å². The van der Waals surface area contributed by atoms with Gasteiger partial charge in [-0.25, -0.2) is 5.26 Å². The van der Waals surface area contributed by atoms with Crippen molar-refractivity contribution in [3.8, 4) is 6.57 Å². The second-order valence-corrected chi connectivity index (χ2v) is 0. The van der Waals surface area contributed by atoms with Crippen LogP contribution >= 0.6 is 0 Å². The van der Waals surface area contributed by atoms with Gasteiger partial charge in [-0.2, -0.15) is 0 Å². The van der Waals surface area contributed by atoms with E-state index >= 15 is 0 Å². The summed E-state index contributed by atoms with van der Waals surface area (Å²) in [7, 11) is 0. The summed E-state index contributed by atoms with van der Waals surface area (Å²) in [6.45, 7) is 3.50. The smallest absolute Gasteiger partial charge is 1.00 e. The quantitative estimate of drug-likeness (QED) is 0.429. The van der Waals surface area contributed by atoms with Gasteiger partial charge in [0.1, 0.15) is 0 Å². The summed E-state index contributed by atoms with van der Waals surface area (Å²) in [4.78, 5) is 0. The molecule has 0 aromatic heterocycles. The Morgan fingerprint density at radius 2 is 1.50 bits per heavy atom. The van der Waals surface area contributed by atoms with Crippen LogP contribution in [0.4, 0.5) is 0 Å². The molecule has 0 unspecified atom stereocenters. The van der Waals surface area contributed by atoms with Gasteiger partial charge in [0, 0.05) is 34.2 Å². The molecule has 0 spiro atoms. The van der Waals surface area contributed by atoms with Crippen LogP contribution in [-0.4, -0.2) is 0 Å². The summed E-state index contributed by atoms with van der Waals surface area (Å²) in [6, 6.07) is 0. The summed E-state index contributed by atoms with van der Waals surface area (Å²) in [5.41, 5.74) is 0. The van der Waals surface area contributed by atoms with Crippen molar-refractivity contribution in [3.05, 3.63) is 0 Å². The molecule has 0 heterocycles. The van der Waals surface area contributed by atoms with Gasteiger partial charge in [0.25, 0.3) is 0 Å². The molecule has 0 N–H and O–H groups in total. The van der Waals surface area contributed by atoms with E-state index in [4.69, 9.17) is 5.26 Å². The van der Waals surface area contributed by atoms with Crippen LogP contribution in [-0.2, 0) is 27.7 Å². The second-order valence-electron chi connectivity index (χ2n) is 0. The largest absolute Gasteiger partial charge is 1.00 e. The van der Waals surface area contributed by atoms with Crippen molar-refractivity contribution in [3.63, 3.8) is 0 Å². The maximum Gasteiger partial charge on any atom is 1.00 e. The fraction of sp³-hybridized carbons (Fsp3) is 0. The van der Waals surface area contributed by atoms with E-state index in [1.807, 2.05) is 0 Å². The third kappa shape index (κ3) is 9.92. The Hall–Kier alpha value is 1.43. The molecule has 0 aromatic rings. The van der Waals surface area contributed by atoms with Gasteiger partial charge in [-0.1, -0.05) is 0 Å². The predicted molar refractivity (Wildman–Crippen MR) is 7.78 cm³/mol. The van der Waals surface area contributed by atoms with E-state index in [9.17, 15) is 0 Å². The molecule has 0 aliphatic carbocycles. The van der Waals surface area contributed by atoms with Gasteiger partial charge < -0.3 is 1.43 Å². The molecule has 3 heteroatoms. The standard InChI is InChI=1S/CHN.Hg.Na.H/c1-2;;;/h1H;;;/q;;+1;-1. The second kappa shape index (κ2) is 25.6. The maximum absolute atomic E-state index is 6.50. The Morgan fingerprint density at radius 3 is 1.50 bits per heavy atom. The molecular weight excluding hydrogens is 250 g/mol. The Bertz CT molecular complexity index is 16.4. The molecule has 0 bridgehead atoms. The van der Waals surface area contributed by atoms with Gasteiger partial charge in [-0.05, 0) is 0 Å². The fourth-order valence-electron chi connectivity index (χ4n) is 0. The molecule has 0 amide bonds. The van der Waals surface area contributed by atoms with Gasteiger partial charge in [0.15, 0.2) is 0 Å². The van der Waals surface area contributed by atoms with Gasteiger partial charge in [0.2, 0.25) is 0 Å². The van der Waals surface area contributed by atoms with Crippen LogP contribution in [0.2, 0.25) is 0 Å². The number of hydrogen-bond donors (Lipinski definition) is 0. The molecular formula is CH2HgNNa. The van der Waals surface area contributed by atoms with Crippen LogP contribution in [0.15, 0.2) is 0 Å². The minimum atomic E-state index is 0. The zero-order valence-corrected chi connectivity index (χ0v) is 10.2. The van der Waals surface area contributed by atoms with Gasteiger partial charge in [-0.15, -0.1) is 0 Å². The number of hydrogen-bond acceptors (Lipinski definition) is 1. The molecule has 0 rings (SSSR count). The van der Waals surface area contributed by atoms with Crippen LogP contribution in [0.25, 0.3) is 0 Å². The summed E-state index contributed by atoms with van der Waals surface area (Å²) >= 11 is 0.